The molecule has 0 saturated carbocycles. The minimum Gasteiger partial charge on any atom is -0.497 e. The molecule has 0 fully saturated rings. The van der Waals surface area contributed by atoms with Gasteiger partial charge in [-0.25, -0.2) is 0 Å². The highest BCUT2D eigenvalue weighted by Crippen LogP contribution is 2.28. The largest absolute Gasteiger partial charge is 0.497 e. The van der Waals surface area contributed by atoms with E-state index in [2.05, 4.69) is 29.4 Å². The first kappa shape index (κ1) is 19.4. The van der Waals surface area contributed by atoms with E-state index >= 15 is 0 Å². The van der Waals surface area contributed by atoms with Crippen LogP contribution in [0.2, 0.25) is 0 Å². The van der Waals surface area contributed by atoms with Gasteiger partial charge in [-0.05, 0) is 54.3 Å². The molecule has 0 aliphatic heterocycles. The zero-order valence-corrected chi connectivity index (χ0v) is 16.3. The Morgan fingerprint density at radius 2 is 1.86 bits per heavy atom. The van der Waals surface area contributed by atoms with Crippen molar-refractivity contribution < 1.29 is 14.3 Å². The van der Waals surface area contributed by atoms with Crippen molar-refractivity contribution in [1.29, 1.82) is 0 Å². The maximum Gasteiger partial charge on any atom is 0.262 e. The molecule has 7 heteroatoms. The molecule has 28 heavy (non-hydrogen) atoms. The first-order chi connectivity index (χ1) is 13.6. The summed E-state index contributed by atoms with van der Waals surface area (Å²) in [5.41, 5.74) is 2.68. The van der Waals surface area contributed by atoms with Crippen molar-refractivity contribution >= 4 is 11.6 Å². The van der Waals surface area contributed by atoms with Crippen molar-refractivity contribution in [3.05, 3.63) is 60.7 Å². The molecule has 0 spiro atoms. The van der Waals surface area contributed by atoms with Gasteiger partial charge >= 0.3 is 0 Å². The molecule has 0 aliphatic rings. The molecule has 1 amide bonds. The number of carbonyl (C=O) groups is 1. The van der Waals surface area contributed by atoms with E-state index in [1.54, 1.807) is 48.6 Å². The molecule has 1 N–H and O–H groups in total. The van der Waals surface area contributed by atoms with E-state index in [4.69, 9.17) is 9.47 Å². The van der Waals surface area contributed by atoms with Gasteiger partial charge < -0.3 is 14.8 Å². The fraction of sp³-hybridized carbons (Fsp3) is 0.286. The van der Waals surface area contributed by atoms with Crippen LogP contribution in [0.25, 0.3) is 5.69 Å². The number of nitrogens with one attached hydrogen (secondary N) is 1. The standard InChI is InChI=1S/C21H24N4O3/c1-4-15(2)16-5-10-20(19(11-16)25-13-22-23-14-25)28-12-21(26)24-17-6-8-18(27-3)9-7-17/h5-11,13-15H,4,12H2,1-3H3,(H,24,26)/t15-/m1/s1. The average Bonchev–Trinajstić information content (AvgIpc) is 3.27. The minimum absolute atomic E-state index is 0.107. The fourth-order valence-electron chi connectivity index (χ4n) is 2.74. The average molecular weight is 380 g/mol. The zero-order valence-electron chi connectivity index (χ0n) is 16.3. The molecule has 0 radical (unpaired) electrons. The Balaban J connectivity index is 1.71. The van der Waals surface area contributed by atoms with E-state index in [-0.39, 0.29) is 12.5 Å². The van der Waals surface area contributed by atoms with Crippen LogP contribution >= 0.6 is 0 Å². The summed E-state index contributed by atoms with van der Waals surface area (Å²) in [7, 11) is 1.60. The monoisotopic (exact) mass is 380 g/mol. The molecule has 0 aliphatic carbocycles. The van der Waals surface area contributed by atoms with E-state index in [1.165, 1.54) is 5.56 Å². The van der Waals surface area contributed by atoms with E-state index < -0.39 is 0 Å². The molecule has 3 aromatic rings. The number of benzene rings is 2. The summed E-state index contributed by atoms with van der Waals surface area (Å²) < 4.78 is 12.7. The van der Waals surface area contributed by atoms with Crippen LogP contribution < -0.4 is 14.8 Å². The van der Waals surface area contributed by atoms with E-state index in [0.717, 1.165) is 17.9 Å². The number of amides is 1. The second-order valence-corrected chi connectivity index (χ2v) is 6.47. The number of hydrogen-bond donors (Lipinski definition) is 1. The van der Waals surface area contributed by atoms with Gasteiger partial charge in [-0.1, -0.05) is 19.9 Å². The molecule has 2 aromatic carbocycles. The van der Waals surface area contributed by atoms with Gasteiger partial charge in [0.1, 0.15) is 24.2 Å². The summed E-state index contributed by atoms with van der Waals surface area (Å²) in [5, 5.41) is 10.5. The van der Waals surface area contributed by atoms with E-state index in [1.807, 2.05) is 18.2 Å². The lowest BCUT2D eigenvalue weighted by molar-refractivity contribution is -0.118. The summed E-state index contributed by atoms with van der Waals surface area (Å²) in [6.07, 6.45) is 4.26. The first-order valence-electron chi connectivity index (χ1n) is 9.16. The van der Waals surface area contributed by atoms with Crippen LogP contribution in [0.1, 0.15) is 31.7 Å². The third kappa shape index (κ3) is 4.68. The van der Waals surface area contributed by atoms with Crippen molar-refractivity contribution in [2.75, 3.05) is 19.0 Å². The van der Waals surface area contributed by atoms with Crippen molar-refractivity contribution in [2.45, 2.75) is 26.2 Å². The molecular formula is C21H24N4O3. The molecule has 3 rings (SSSR count). The Bertz CT molecular complexity index is 908. The highest BCUT2D eigenvalue weighted by molar-refractivity contribution is 5.91. The van der Waals surface area contributed by atoms with Crippen molar-refractivity contribution in [1.82, 2.24) is 14.8 Å². The van der Waals surface area contributed by atoms with E-state index in [0.29, 0.717) is 17.4 Å². The molecular weight excluding hydrogens is 356 g/mol. The first-order valence-corrected chi connectivity index (χ1v) is 9.16. The third-order valence-corrected chi connectivity index (χ3v) is 4.59. The number of ether oxygens (including phenoxy) is 2. The second-order valence-electron chi connectivity index (χ2n) is 6.47. The predicted molar refractivity (Wildman–Crippen MR) is 107 cm³/mol. The van der Waals surface area contributed by atoms with Crippen molar-refractivity contribution in [2.24, 2.45) is 0 Å². The second kappa shape index (κ2) is 9.03. The molecule has 1 atom stereocenters. The van der Waals surface area contributed by atoms with Gasteiger partial charge in [-0.3, -0.25) is 9.36 Å². The topological polar surface area (TPSA) is 78.3 Å². The van der Waals surface area contributed by atoms with Gasteiger partial charge in [0.05, 0.1) is 12.8 Å². The lowest BCUT2D eigenvalue weighted by atomic mass is 9.98. The molecule has 146 valence electrons. The summed E-state index contributed by atoms with van der Waals surface area (Å²) in [6, 6.07) is 13.1. The Morgan fingerprint density at radius 3 is 2.50 bits per heavy atom. The highest BCUT2D eigenvalue weighted by atomic mass is 16.5. The maximum atomic E-state index is 12.3. The maximum absolute atomic E-state index is 12.3. The predicted octanol–water partition coefficient (Wildman–Crippen LogP) is 3.81. The van der Waals surface area contributed by atoms with Gasteiger partial charge in [-0.2, -0.15) is 0 Å². The number of methoxy groups -OCH3 is 1. The third-order valence-electron chi connectivity index (χ3n) is 4.59. The van der Waals surface area contributed by atoms with Crippen LogP contribution in [0, 0.1) is 0 Å². The van der Waals surface area contributed by atoms with E-state index in [9.17, 15) is 4.79 Å². The highest BCUT2D eigenvalue weighted by Gasteiger charge is 2.13. The number of hydrogen-bond acceptors (Lipinski definition) is 5. The molecule has 0 saturated heterocycles. The van der Waals surface area contributed by atoms with Crippen LogP contribution in [0.4, 0.5) is 5.69 Å². The zero-order chi connectivity index (χ0) is 19.9. The lowest BCUT2D eigenvalue weighted by Gasteiger charge is -2.16. The SMILES string of the molecule is CC[C@@H](C)c1ccc(OCC(=O)Nc2ccc(OC)cc2)c(-n2cnnc2)c1. The van der Waals surface area contributed by atoms with Crippen LogP contribution in [0.15, 0.2) is 55.1 Å². The Hall–Kier alpha value is -3.35. The van der Waals surface area contributed by atoms with Gasteiger partial charge in [-0.15, -0.1) is 10.2 Å². The van der Waals surface area contributed by atoms with Crippen LogP contribution in [0.5, 0.6) is 11.5 Å². The van der Waals surface area contributed by atoms with Gasteiger partial charge in [0.2, 0.25) is 0 Å². The molecule has 0 bridgehead atoms. The summed E-state index contributed by atoms with van der Waals surface area (Å²) >= 11 is 0. The quantitative estimate of drug-likeness (QED) is 0.643. The lowest BCUT2D eigenvalue weighted by Crippen LogP contribution is -2.20. The summed E-state index contributed by atoms with van der Waals surface area (Å²) in [4.78, 5) is 12.3. The molecule has 1 heterocycles. The van der Waals surface area contributed by atoms with Crippen LogP contribution in [-0.2, 0) is 4.79 Å². The van der Waals surface area contributed by atoms with Gasteiger partial charge in [0.25, 0.3) is 5.91 Å². The van der Waals surface area contributed by atoms with Crippen molar-refractivity contribution in [3.63, 3.8) is 0 Å². The van der Waals surface area contributed by atoms with Gasteiger partial charge in [0.15, 0.2) is 6.61 Å². The molecule has 1 aromatic heterocycles. The number of nitrogens with zero attached hydrogens (tertiary/aromatic N) is 3. The van der Waals surface area contributed by atoms with Gasteiger partial charge in [0, 0.05) is 5.69 Å². The fourth-order valence-corrected chi connectivity index (χ4v) is 2.74. The van der Waals surface area contributed by atoms with Crippen LogP contribution in [0.3, 0.4) is 0 Å². The Morgan fingerprint density at radius 1 is 1.14 bits per heavy atom. The summed E-state index contributed by atoms with van der Waals surface area (Å²) in [6.45, 7) is 4.22. The number of rotatable bonds is 8. The molecule has 0 unspecified atom stereocenters. The Labute approximate surface area is 164 Å². The Kier molecular flexibility index (Phi) is 6.26. The minimum atomic E-state index is -0.245. The smallest absolute Gasteiger partial charge is 0.262 e. The van der Waals surface area contributed by atoms with Crippen LogP contribution in [-0.4, -0.2) is 34.4 Å². The normalized spacial score (nSPS) is 11.7. The van der Waals surface area contributed by atoms with Crippen molar-refractivity contribution in [3.8, 4) is 17.2 Å². The number of anilines is 1. The number of aromatic nitrogens is 3. The molecule has 7 nitrogen and oxygen atoms in total. The number of carbonyl (C=O) groups excluding carboxylic acids is 1. The summed E-state index contributed by atoms with van der Waals surface area (Å²) in [5.74, 6) is 1.50.